The summed E-state index contributed by atoms with van der Waals surface area (Å²) in [5.74, 6) is 0.377. The number of thiophene rings is 1. The molecule has 1 amide bonds. The molecule has 0 atom stereocenters. The zero-order valence-corrected chi connectivity index (χ0v) is 17.3. The van der Waals surface area contributed by atoms with E-state index in [0.717, 1.165) is 5.57 Å². The van der Waals surface area contributed by atoms with E-state index in [1.165, 1.54) is 22.7 Å². The molecule has 146 valence electrons. The average molecular weight is 409 g/mol. The van der Waals surface area contributed by atoms with Crippen LogP contribution >= 0.6 is 11.3 Å². The van der Waals surface area contributed by atoms with Crippen LogP contribution in [0.3, 0.4) is 0 Å². The lowest BCUT2D eigenvalue weighted by Crippen LogP contribution is -2.35. The Labute approximate surface area is 164 Å². The number of sulfonamides is 1. The first-order valence-electron chi connectivity index (χ1n) is 8.43. The lowest BCUT2D eigenvalue weighted by Gasteiger charge is -2.21. The zero-order valence-electron chi connectivity index (χ0n) is 15.7. The fourth-order valence-electron chi connectivity index (χ4n) is 2.37. The van der Waals surface area contributed by atoms with Crippen molar-refractivity contribution in [3.05, 3.63) is 53.9 Å². The molecule has 27 heavy (non-hydrogen) atoms. The van der Waals surface area contributed by atoms with Crippen LogP contribution in [0.15, 0.2) is 58.1 Å². The van der Waals surface area contributed by atoms with Gasteiger partial charge in [-0.1, -0.05) is 18.2 Å². The minimum Gasteiger partial charge on any atom is -0.484 e. The highest BCUT2D eigenvalue weighted by Crippen LogP contribution is 2.26. The first-order valence-corrected chi connectivity index (χ1v) is 10.7. The molecule has 2 rings (SSSR count). The van der Waals surface area contributed by atoms with E-state index >= 15 is 0 Å². The van der Waals surface area contributed by atoms with E-state index in [9.17, 15) is 13.2 Å². The fraction of sp³-hybridized carbons (Fsp3) is 0.316. The topological polar surface area (TPSA) is 66.9 Å². The van der Waals surface area contributed by atoms with Gasteiger partial charge in [0.15, 0.2) is 6.61 Å². The first kappa shape index (κ1) is 21.0. The SMILES string of the molecule is C=C(C)CN(CC)C(=O)COc1ccc(N(C)S(=O)(=O)c2cccs2)cc1. The van der Waals surface area contributed by atoms with Crippen molar-refractivity contribution in [3.8, 4) is 5.75 Å². The maximum Gasteiger partial charge on any atom is 0.273 e. The van der Waals surface area contributed by atoms with Gasteiger partial charge in [0.1, 0.15) is 9.96 Å². The smallest absolute Gasteiger partial charge is 0.273 e. The van der Waals surface area contributed by atoms with Crippen LogP contribution < -0.4 is 9.04 Å². The number of carbonyl (C=O) groups is 1. The van der Waals surface area contributed by atoms with Gasteiger partial charge in [0, 0.05) is 20.1 Å². The molecule has 2 aromatic rings. The Balaban J connectivity index is 2.01. The van der Waals surface area contributed by atoms with Crippen LogP contribution in [0.4, 0.5) is 5.69 Å². The Kier molecular flexibility index (Phi) is 7.04. The van der Waals surface area contributed by atoms with Crippen molar-refractivity contribution in [3.63, 3.8) is 0 Å². The van der Waals surface area contributed by atoms with E-state index in [4.69, 9.17) is 4.74 Å². The van der Waals surface area contributed by atoms with Gasteiger partial charge in [-0.15, -0.1) is 11.3 Å². The third kappa shape index (κ3) is 5.33. The number of ether oxygens (including phenoxy) is 1. The van der Waals surface area contributed by atoms with Gasteiger partial charge in [0.05, 0.1) is 5.69 Å². The van der Waals surface area contributed by atoms with Gasteiger partial charge in [-0.25, -0.2) is 8.42 Å². The van der Waals surface area contributed by atoms with Crippen LogP contribution in [0.2, 0.25) is 0 Å². The second-order valence-corrected chi connectivity index (χ2v) is 9.20. The van der Waals surface area contributed by atoms with E-state index < -0.39 is 10.0 Å². The molecule has 1 aromatic heterocycles. The Morgan fingerprint density at radius 1 is 1.22 bits per heavy atom. The van der Waals surface area contributed by atoms with Crippen LogP contribution in [-0.2, 0) is 14.8 Å². The van der Waals surface area contributed by atoms with Gasteiger partial charge in [-0.2, -0.15) is 0 Å². The third-order valence-electron chi connectivity index (χ3n) is 3.87. The summed E-state index contributed by atoms with van der Waals surface area (Å²) in [6.07, 6.45) is 0. The van der Waals surface area contributed by atoms with Gasteiger partial charge >= 0.3 is 0 Å². The molecule has 6 nitrogen and oxygen atoms in total. The molecule has 0 unspecified atom stereocenters. The minimum absolute atomic E-state index is 0.0796. The summed E-state index contributed by atoms with van der Waals surface area (Å²) < 4.78 is 32.1. The molecule has 0 fully saturated rings. The Hall–Kier alpha value is -2.32. The van der Waals surface area contributed by atoms with Crippen molar-refractivity contribution < 1.29 is 17.9 Å². The van der Waals surface area contributed by atoms with Crippen molar-refractivity contribution in [1.29, 1.82) is 0 Å². The zero-order chi connectivity index (χ0) is 20.0. The molecule has 0 spiro atoms. The number of hydrogen-bond acceptors (Lipinski definition) is 5. The molecular weight excluding hydrogens is 384 g/mol. The number of rotatable bonds is 9. The number of carbonyl (C=O) groups excluding carboxylic acids is 1. The quantitative estimate of drug-likeness (QED) is 0.597. The predicted octanol–water partition coefficient (Wildman–Crippen LogP) is 3.38. The summed E-state index contributed by atoms with van der Waals surface area (Å²) in [6.45, 7) is 8.60. The van der Waals surface area contributed by atoms with Gasteiger partial charge < -0.3 is 9.64 Å². The van der Waals surface area contributed by atoms with Crippen molar-refractivity contribution in [2.45, 2.75) is 18.1 Å². The number of nitrogens with zero attached hydrogens (tertiary/aromatic N) is 2. The van der Waals surface area contributed by atoms with Gasteiger partial charge in [-0.3, -0.25) is 9.10 Å². The van der Waals surface area contributed by atoms with E-state index in [1.807, 2.05) is 13.8 Å². The lowest BCUT2D eigenvalue weighted by molar-refractivity contribution is -0.132. The first-order chi connectivity index (χ1) is 12.8. The van der Waals surface area contributed by atoms with E-state index in [-0.39, 0.29) is 16.7 Å². The van der Waals surface area contributed by atoms with Gasteiger partial charge in [-0.05, 0) is 49.6 Å². The van der Waals surface area contributed by atoms with Crippen molar-refractivity contribution in [2.24, 2.45) is 0 Å². The number of hydrogen-bond donors (Lipinski definition) is 0. The largest absolute Gasteiger partial charge is 0.484 e. The molecule has 0 bridgehead atoms. The predicted molar refractivity (Wildman–Crippen MR) is 109 cm³/mol. The number of likely N-dealkylation sites (N-methyl/N-ethyl adjacent to an activating group) is 1. The fourth-order valence-corrected chi connectivity index (χ4v) is 4.73. The summed E-state index contributed by atoms with van der Waals surface area (Å²) in [5.41, 5.74) is 1.42. The van der Waals surface area contributed by atoms with Gasteiger partial charge in [0.25, 0.3) is 15.9 Å². The average Bonchev–Trinajstić information content (AvgIpc) is 3.19. The van der Waals surface area contributed by atoms with Crippen LogP contribution in [0, 0.1) is 0 Å². The molecule has 8 heteroatoms. The molecule has 0 saturated heterocycles. The highest BCUT2D eigenvalue weighted by atomic mass is 32.2. The molecule has 0 aliphatic carbocycles. The molecule has 0 saturated carbocycles. The normalized spacial score (nSPS) is 11.1. The van der Waals surface area contributed by atoms with Crippen LogP contribution in [0.1, 0.15) is 13.8 Å². The molecule has 0 aliphatic heterocycles. The van der Waals surface area contributed by atoms with Crippen molar-refractivity contribution in [2.75, 3.05) is 31.0 Å². The summed E-state index contributed by atoms with van der Waals surface area (Å²) in [4.78, 5) is 13.9. The second-order valence-electron chi connectivity index (χ2n) is 6.05. The van der Waals surface area contributed by atoms with Crippen molar-refractivity contribution >= 4 is 33.0 Å². The Morgan fingerprint density at radius 3 is 2.41 bits per heavy atom. The van der Waals surface area contributed by atoms with Crippen LogP contribution in [-0.4, -0.2) is 46.0 Å². The summed E-state index contributed by atoms with van der Waals surface area (Å²) in [7, 11) is -2.07. The molecule has 0 radical (unpaired) electrons. The molecular formula is C19H24N2O4S2. The molecule has 1 aromatic carbocycles. The maximum absolute atomic E-state index is 12.5. The summed E-state index contributed by atoms with van der Waals surface area (Å²) in [5, 5.41) is 1.72. The van der Waals surface area contributed by atoms with Crippen LogP contribution in [0.5, 0.6) is 5.75 Å². The number of anilines is 1. The maximum atomic E-state index is 12.5. The van der Waals surface area contributed by atoms with E-state index in [1.54, 1.807) is 46.7 Å². The second kappa shape index (κ2) is 9.05. The third-order valence-corrected chi connectivity index (χ3v) is 7.03. The van der Waals surface area contributed by atoms with E-state index in [2.05, 4.69) is 6.58 Å². The highest BCUT2D eigenvalue weighted by molar-refractivity contribution is 7.94. The minimum atomic E-state index is -3.57. The van der Waals surface area contributed by atoms with E-state index in [0.29, 0.717) is 24.5 Å². The van der Waals surface area contributed by atoms with Crippen LogP contribution in [0.25, 0.3) is 0 Å². The molecule has 0 N–H and O–H groups in total. The summed E-state index contributed by atoms with van der Waals surface area (Å²) in [6, 6.07) is 9.87. The Bertz CT molecular complexity index is 875. The monoisotopic (exact) mass is 408 g/mol. The Morgan fingerprint density at radius 2 is 1.89 bits per heavy atom. The lowest BCUT2D eigenvalue weighted by atomic mass is 10.3. The summed E-state index contributed by atoms with van der Waals surface area (Å²) >= 11 is 1.17. The molecule has 0 aliphatic rings. The highest BCUT2D eigenvalue weighted by Gasteiger charge is 2.22. The standard InChI is InChI=1S/C19H24N2O4S2/c1-5-21(13-15(2)3)18(22)14-25-17-10-8-16(9-11-17)20(4)27(23,24)19-7-6-12-26-19/h6-12H,2,5,13-14H2,1,3-4H3. The number of benzene rings is 1. The number of amides is 1. The van der Waals surface area contributed by atoms with Gasteiger partial charge in [0.2, 0.25) is 0 Å². The van der Waals surface area contributed by atoms with Crippen molar-refractivity contribution in [1.82, 2.24) is 4.90 Å². The molecule has 1 heterocycles.